The Morgan fingerprint density at radius 2 is 1.85 bits per heavy atom. The van der Waals surface area contributed by atoms with Crippen molar-refractivity contribution >= 4 is 17.5 Å². The van der Waals surface area contributed by atoms with Crippen molar-refractivity contribution in [1.29, 1.82) is 0 Å². The lowest BCUT2D eigenvalue weighted by atomic mass is 9.97. The number of hydrogen-bond donors (Lipinski definition) is 0. The molecule has 0 atom stereocenters. The molecule has 0 fully saturated rings. The van der Waals surface area contributed by atoms with Crippen LogP contribution < -0.4 is 0 Å². The molecule has 0 amide bonds. The smallest absolute Gasteiger partial charge is 0.168 e. The predicted molar refractivity (Wildman–Crippen MR) is 79.1 cm³/mol. The minimum absolute atomic E-state index is 0.0688. The van der Waals surface area contributed by atoms with E-state index < -0.39 is 0 Å². The Balaban J connectivity index is 2.10. The van der Waals surface area contributed by atoms with Gasteiger partial charge in [-0.3, -0.25) is 4.79 Å². The molecule has 2 aromatic rings. The molecule has 1 aliphatic rings. The van der Waals surface area contributed by atoms with Gasteiger partial charge in [-0.05, 0) is 47.4 Å². The molecule has 0 saturated heterocycles. The first-order valence-electron chi connectivity index (χ1n) is 6.68. The molecule has 0 N–H and O–H groups in total. The number of carbonyl (C=O) groups is 1. The van der Waals surface area contributed by atoms with Gasteiger partial charge in [0, 0.05) is 21.8 Å². The van der Waals surface area contributed by atoms with Crippen LogP contribution >= 0.6 is 11.8 Å². The quantitative estimate of drug-likeness (QED) is 0.746. The fourth-order valence-electron chi connectivity index (χ4n) is 2.39. The summed E-state index contributed by atoms with van der Waals surface area (Å²) in [6.45, 7) is 4.22. The first-order chi connectivity index (χ1) is 9.54. The summed E-state index contributed by atoms with van der Waals surface area (Å²) in [5.74, 6) is 0.173. The van der Waals surface area contributed by atoms with E-state index in [1.54, 1.807) is 17.8 Å². The third kappa shape index (κ3) is 2.38. The summed E-state index contributed by atoms with van der Waals surface area (Å²) in [5, 5.41) is 0. The zero-order valence-corrected chi connectivity index (χ0v) is 12.3. The van der Waals surface area contributed by atoms with Gasteiger partial charge >= 0.3 is 0 Å². The summed E-state index contributed by atoms with van der Waals surface area (Å²) >= 11 is 1.55. The van der Waals surface area contributed by atoms with Crippen molar-refractivity contribution in [2.24, 2.45) is 0 Å². The zero-order valence-electron chi connectivity index (χ0n) is 11.4. The van der Waals surface area contributed by atoms with Crippen molar-refractivity contribution < 1.29 is 9.18 Å². The molecule has 2 aromatic carbocycles. The maximum Gasteiger partial charge on any atom is 0.168 e. The van der Waals surface area contributed by atoms with Crippen molar-refractivity contribution in [3.05, 3.63) is 58.9 Å². The molecule has 3 rings (SSSR count). The van der Waals surface area contributed by atoms with Gasteiger partial charge in [0.25, 0.3) is 0 Å². The van der Waals surface area contributed by atoms with E-state index in [1.165, 1.54) is 12.1 Å². The summed E-state index contributed by atoms with van der Waals surface area (Å²) in [6, 6.07) is 10.7. The standard InChI is InChI=1S/C17H15FOS/c1-10(2)11-3-5-17-14(8-11)15(19)9-12-7-13(18)4-6-16(12)20-17/h3-8,10H,9H2,1-2H3. The number of carbonyl (C=O) groups excluding carboxylic acids is 1. The minimum Gasteiger partial charge on any atom is -0.294 e. The van der Waals surface area contributed by atoms with Gasteiger partial charge in [-0.2, -0.15) is 0 Å². The molecule has 1 heterocycles. The van der Waals surface area contributed by atoms with Gasteiger partial charge < -0.3 is 0 Å². The van der Waals surface area contributed by atoms with Gasteiger partial charge in [0.05, 0.1) is 0 Å². The highest BCUT2D eigenvalue weighted by Crippen LogP contribution is 2.38. The summed E-state index contributed by atoms with van der Waals surface area (Å²) in [6.07, 6.45) is 0.272. The second-order valence-corrected chi connectivity index (χ2v) is 6.45. The van der Waals surface area contributed by atoms with Crippen LogP contribution in [0, 0.1) is 5.82 Å². The van der Waals surface area contributed by atoms with E-state index in [0.717, 1.165) is 26.5 Å². The van der Waals surface area contributed by atoms with Crippen molar-refractivity contribution in [3.63, 3.8) is 0 Å². The summed E-state index contributed by atoms with van der Waals surface area (Å²) in [4.78, 5) is 14.3. The van der Waals surface area contributed by atoms with Crippen molar-refractivity contribution in [1.82, 2.24) is 0 Å². The number of hydrogen-bond acceptors (Lipinski definition) is 2. The largest absolute Gasteiger partial charge is 0.294 e. The Bertz CT molecular complexity index is 691. The highest BCUT2D eigenvalue weighted by molar-refractivity contribution is 7.99. The molecule has 1 aliphatic heterocycles. The van der Waals surface area contributed by atoms with E-state index in [0.29, 0.717) is 5.92 Å². The maximum atomic E-state index is 13.3. The second kappa shape index (κ2) is 5.06. The van der Waals surface area contributed by atoms with Crippen LogP contribution in [0.4, 0.5) is 4.39 Å². The maximum absolute atomic E-state index is 13.3. The Kier molecular flexibility index (Phi) is 3.38. The van der Waals surface area contributed by atoms with Crippen molar-refractivity contribution in [2.75, 3.05) is 0 Å². The Morgan fingerprint density at radius 3 is 2.60 bits per heavy atom. The predicted octanol–water partition coefficient (Wildman–Crippen LogP) is 4.84. The lowest BCUT2D eigenvalue weighted by Gasteiger charge is -2.10. The van der Waals surface area contributed by atoms with Crippen molar-refractivity contribution in [3.8, 4) is 0 Å². The molecule has 0 unspecified atom stereocenters. The molecule has 0 aromatic heterocycles. The van der Waals surface area contributed by atoms with Gasteiger partial charge in [0.2, 0.25) is 0 Å². The van der Waals surface area contributed by atoms with E-state index in [9.17, 15) is 9.18 Å². The van der Waals surface area contributed by atoms with Gasteiger partial charge in [0.15, 0.2) is 5.78 Å². The highest BCUT2D eigenvalue weighted by atomic mass is 32.2. The Labute approximate surface area is 122 Å². The molecule has 0 spiro atoms. The second-order valence-electron chi connectivity index (χ2n) is 5.36. The molecule has 0 aliphatic carbocycles. The van der Waals surface area contributed by atoms with Crippen LogP contribution in [0.2, 0.25) is 0 Å². The summed E-state index contributed by atoms with van der Waals surface area (Å²) < 4.78 is 13.3. The number of benzene rings is 2. The molecule has 20 heavy (non-hydrogen) atoms. The number of halogens is 1. The molecule has 1 nitrogen and oxygen atoms in total. The van der Waals surface area contributed by atoms with Crippen LogP contribution in [-0.2, 0) is 6.42 Å². The van der Waals surface area contributed by atoms with E-state index in [4.69, 9.17) is 0 Å². The Hall–Kier alpha value is -1.61. The van der Waals surface area contributed by atoms with Crippen LogP contribution in [-0.4, -0.2) is 5.78 Å². The number of fused-ring (bicyclic) bond motifs is 2. The van der Waals surface area contributed by atoms with Gasteiger partial charge in [-0.1, -0.05) is 31.7 Å². The monoisotopic (exact) mass is 286 g/mol. The number of ketones is 1. The normalized spacial score (nSPS) is 13.9. The van der Waals surface area contributed by atoms with E-state index in [-0.39, 0.29) is 18.0 Å². The molecular weight excluding hydrogens is 271 g/mol. The fraction of sp³-hybridized carbons (Fsp3) is 0.235. The van der Waals surface area contributed by atoms with E-state index in [1.807, 2.05) is 12.1 Å². The molecule has 3 heteroatoms. The van der Waals surface area contributed by atoms with Crippen LogP contribution in [0.5, 0.6) is 0 Å². The first-order valence-corrected chi connectivity index (χ1v) is 7.49. The summed E-state index contributed by atoms with van der Waals surface area (Å²) in [7, 11) is 0. The topological polar surface area (TPSA) is 17.1 Å². The zero-order chi connectivity index (χ0) is 14.3. The Morgan fingerprint density at radius 1 is 1.10 bits per heavy atom. The van der Waals surface area contributed by atoms with Crippen molar-refractivity contribution in [2.45, 2.75) is 36.0 Å². The minimum atomic E-state index is -0.286. The average Bonchev–Trinajstić information content (AvgIpc) is 2.54. The van der Waals surface area contributed by atoms with E-state index in [2.05, 4.69) is 19.9 Å². The fourth-order valence-corrected chi connectivity index (χ4v) is 3.44. The molecule has 0 bridgehead atoms. The van der Waals surface area contributed by atoms with Gasteiger partial charge in [-0.15, -0.1) is 0 Å². The van der Waals surface area contributed by atoms with Crippen LogP contribution in [0.3, 0.4) is 0 Å². The van der Waals surface area contributed by atoms with Crippen LogP contribution in [0.25, 0.3) is 0 Å². The first kappa shape index (κ1) is 13.4. The van der Waals surface area contributed by atoms with Crippen LogP contribution in [0.1, 0.15) is 41.3 Å². The summed E-state index contributed by atoms with van der Waals surface area (Å²) in [5.41, 5.74) is 2.70. The molecular formula is C17H15FOS. The average molecular weight is 286 g/mol. The molecule has 0 radical (unpaired) electrons. The van der Waals surface area contributed by atoms with Gasteiger partial charge in [0.1, 0.15) is 5.82 Å². The number of rotatable bonds is 1. The lowest BCUT2D eigenvalue weighted by Crippen LogP contribution is -2.04. The van der Waals surface area contributed by atoms with E-state index >= 15 is 0 Å². The lowest BCUT2D eigenvalue weighted by molar-refractivity contribution is 0.0990. The van der Waals surface area contributed by atoms with Gasteiger partial charge in [-0.25, -0.2) is 4.39 Å². The van der Waals surface area contributed by atoms with Crippen LogP contribution in [0.15, 0.2) is 46.2 Å². The third-order valence-electron chi connectivity index (χ3n) is 3.56. The molecule has 102 valence electrons. The highest BCUT2D eigenvalue weighted by Gasteiger charge is 2.21. The number of Topliss-reactive ketones (excluding diaryl/α,β-unsaturated/α-hetero) is 1. The SMILES string of the molecule is CC(C)c1ccc2c(c1)C(=O)Cc1cc(F)ccc1S2. The molecule has 0 saturated carbocycles. The third-order valence-corrected chi connectivity index (χ3v) is 4.76.